The lowest BCUT2D eigenvalue weighted by Crippen LogP contribution is -2.50. The van der Waals surface area contributed by atoms with Gasteiger partial charge in [0.15, 0.2) is 0 Å². The fourth-order valence-electron chi connectivity index (χ4n) is 8.43. The molecule has 0 bridgehead atoms. The summed E-state index contributed by atoms with van der Waals surface area (Å²) < 4.78 is 5.64. The molecule has 0 spiro atoms. The Morgan fingerprint density at radius 1 is 1.00 bits per heavy atom. The molecule has 0 unspecified atom stereocenters. The van der Waals surface area contributed by atoms with Gasteiger partial charge in [-0.3, -0.25) is 4.79 Å². The predicted octanol–water partition coefficient (Wildman–Crippen LogP) is 7.98. The van der Waals surface area contributed by atoms with Crippen LogP contribution in [0.3, 0.4) is 0 Å². The van der Waals surface area contributed by atoms with Gasteiger partial charge in [-0.1, -0.05) is 65.3 Å². The molecular weight excluding hydrogens is 392 g/mol. The molecule has 4 aliphatic carbocycles. The number of carbonyl (C=O) groups is 1. The van der Waals surface area contributed by atoms with E-state index < -0.39 is 0 Å². The lowest BCUT2D eigenvalue weighted by atomic mass is 9.47. The molecule has 3 fully saturated rings. The van der Waals surface area contributed by atoms with Crippen LogP contribution in [0.15, 0.2) is 23.8 Å². The first-order valence-corrected chi connectivity index (χ1v) is 13.6. The maximum absolute atomic E-state index is 11.5. The minimum absolute atomic E-state index is 0.109. The summed E-state index contributed by atoms with van der Waals surface area (Å²) >= 11 is 0. The van der Waals surface area contributed by atoms with Crippen molar-refractivity contribution >= 4 is 5.97 Å². The van der Waals surface area contributed by atoms with Crippen LogP contribution in [0.25, 0.3) is 0 Å². The van der Waals surface area contributed by atoms with Crippen molar-refractivity contribution in [2.24, 2.45) is 52.3 Å². The van der Waals surface area contributed by atoms with Gasteiger partial charge in [0.2, 0.25) is 0 Å². The molecule has 0 saturated heterocycles. The highest BCUT2D eigenvalue weighted by molar-refractivity contribution is 5.66. The second kappa shape index (κ2) is 8.95. The Morgan fingerprint density at radius 3 is 2.38 bits per heavy atom. The summed E-state index contributed by atoms with van der Waals surface area (Å²) in [6.45, 7) is 16.3. The van der Waals surface area contributed by atoms with E-state index in [1.165, 1.54) is 38.5 Å². The highest BCUT2D eigenvalue weighted by atomic mass is 16.5. The van der Waals surface area contributed by atoms with Gasteiger partial charge in [0.05, 0.1) is 0 Å². The van der Waals surface area contributed by atoms with Gasteiger partial charge in [-0.15, -0.1) is 0 Å². The largest absolute Gasteiger partial charge is 0.463 e. The Morgan fingerprint density at radius 2 is 1.69 bits per heavy atom. The number of carbonyl (C=O) groups excluding carboxylic acids is 1. The summed E-state index contributed by atoms with van der Waals surface area (Å²) in [5, 5.41) is 0. The van der Waals surface area contributed by atoms with Gasteiger partial charge in [0.25, 0.3) is 0 Å². The van der Waals surface area contributed by atoms with Crippen LogP contribution in [0.5, 0.6) is 0 Å². The quantitative estimate of drug-likeness (QED) is 0.320. The monoisotopic (exact) mass is 440 g/mol. The average Bonchev–Trinajstić information content (AvgIpc) is 3.08. The highest BCUT2D eigenvalue weighted by Gasteiger charge is 2.58. The van der Waals surface area contributed by atoms with E-state index in [0.29, 0.717) is 28.6 Å². The van der Waals surface area contributed by atoms with E-state index in [9.17, 15) is 4.79 Å². The van der Waals surface area contributed by atoms with Gasteiger partial charge in [-0.2, -0.15) is 0 Å². The Balaban J connectivity index is 1.51. The topological polar surface area (TPSA) is 26.3 Å². The Hall–Kier alpha value is -1.05. The number of esters is 1. The molecule has 0 heterocycles. The molecule has 2 nitrogen and oxygen atoms in total. The third-order valence-electron chi connectivity index (χ3n) is 10.8. The number of ether oxygens (including phenoxy) is 1. The first-order chi connectivity index (χ1) is 15.1. The minimum Gasteiger partial charge on any atom is -0.463 e. The maximum Gasteiger partial charge on any atom is 0.302 e. The van der Waals surface area contributed by atoms with Crippen molar-refractivity contribution in [3.63, 3.8) is 0 Å². The second-order valence-electron chi connectivity index (χ2n) is 12.8. The number of fused-ring (bicyclic) bond motifs is 5. The zero-order valence-corrected chi connectivity index (χ0v) is 21.8. The standard InChI is InChI=1S/C30H48O2/c1-19(2)20(3)8-9-21(4)26-12-13-27-25-11-10-23-18-24(32-22(5)31)14-16-29(23,6)28(25)15-17-30(26,27)7/h8-9,11,19-21,23-24,26-28H,10,12-18H2,1-7H3/t20-,21+,23-,24-,26+,27-,28-,29-,30+/m0/s1. The van der Waals surface area contributed by atoms with Gasteiger partial charge in [0.1, 0.15) is 6.10 Å². The molecule has 0 aromatic heterocycles. The van der Waals surface area contributed by atoms with Crippen molar-refractivity contribution in [1.29, 1.82) is 0 Å². The summed E-state index contributed by atoms with van der Waals surface area (Å²) in [5.74, 6) is 4.98. The summed E-state index contributed by atoms with van der Waals surface area (Å²) in [4.78, 5) is 11.5. The van der Waals surface area contributed by atoms with Crippen LogP contribution in [0.2, 0.25) is 0 Å². The number of allylic oxidation sites excluding steroid dienone is 4. The minimum atomic E-state index is -0.109. The van der Waals surface area contributed by atoms with Crippen LogP contribution in [0.1, 0.15) is 99.8 Å². The number of hydrogen-bond acceptors (Lipinski definition) is 2. The molecular formula is C30H48O2. The van der Waals surface area contributed by atoms with E-state index in [1.54, 1.807) is 6.92 Å². The van der Waals surface area contributed by atoms with Crippen molar-refractivity contribution in [3.8, 4) is 0 Å². The lowest BCUT2D eigenvalue weighted by molar-refractivity contribution is -0.152. The molecule has 32 heavy (non-hydrogen) atoms. The van der Waals surface area contributed by atoms with Gasteiger partial charge >= 0.3 is 5.97 Å². The Bertz CT molecular complexity index is 763. The molecule has 0 radical (unpaired) electrons. The van der Waals surface area contributed by atoms with Gasteiger partial charge < -0.3 is 4.74 Å². The Labute approximate surface area is 197 Å². The smallest absolute Gasteiger partial charge is 0.302 e. The summed E-state index contributed by atoms with van der Waals surface area (Å²) in [7, 11) is 0. The van der Waals surface area contributed by atoms with Crippen molar-refractivity contribution in [2.75, 3.05) is 0 Å². The van der Waals surface area contributed by atoms with Crippen molar-refractivity contribution in [3.05, 3.63) is 23.8 Å². The highest BCUT2D eigenvalue weighted by Crippen LogP contribution is 2.66. The van der Waals surface area contributed by atoms with E-state index in [2.05, 4.69) is 59.8 Å². The van der Waals surface area contributed by atoms with Crippen LogP contribution >= 0.6 is 0 Å². The molecule has 0 aliphatic heterocycles. The van der Waals surface area contributed by atoms with Crippen LogP contribution < -0.4 is 0 Å². The third-order valence-corrected chi connectivity index (χ3v) is 10.8. The van der Waals surface area contributed by atoms with Gasteiger partial charge in [0, 0.05) is 6.92 Å². The fraction of sp³-hybridized carbons (Fsp3) is 0.833. The number of rotatable bonds is 5. The zero-order valence-electron chi connectivity index (χ0n) is 21.8. The van der Waals surface area contributed by atoms with Crippen molar-refractivity contribution < 1.29 is 9.53 Å². The molecule has 0 aromatic rings. The van der Waals surface area contributed by atoms with Crippen LogP contribution in [-0.4, -0.2) is 12.1 Å². The third kappa shape index (κ3) is 4.14. The predicted molar refractivity (Wildman–Crippen MR) is 133 cm³/mol. The fourth-order valence-corrected chi connectivity index (χ4v) is 8.43. The van der Waals surface area contributed by atoms with E-state index >= 15 is 0 Å². The SMILES string of the molecule is CC(=O)O[C@H]1CC[C@@]2(C)[C@@H](CC=C3[C@@H]2CC[C@]2(C)[C@@H]([C@H](C)C=C[C@H](C)C(C)C)CC[C@@H]32)C1. The van der Waals surface area contributed by atoms with Crippen molar-refractivity contribution in [2.45, 2.75) is 106 Å². The molecule has 3 saturated carbocycles. The molecule has 180 valence electrons. The van der Waals surface area contributed by atoms with E-state index in [1.807, 2.05) is 5.57 Å². The first-order valence-electron chi connectivity index (χ1n) is 13.6. The van der Waals surface area contributed by atoms with E-state index in [0.717, 1.165) is 36.5 Å². The molecule has 2 heteroatoms. The molecule has 0 aromatic carbocycles. The molecule has 0 N–H and O–H groups in total. The molecule has 4 aliphatic rings. The van der Waals surface area contributed by atoms with Crippen LogP contribution in [-0.2, 0) is 9.53 Å². The summed E-state index contributed by atoms with van der Waals surface area (Å²) in [5.41, 5.74) is 2.70. The zero-order chi connectivity index (χ0) is 23.3. The molecule has 4 rings (SSSR count). The van der Waals surface area contributed by atoms with Crippen LogP contribution in [0.4, 0.5) is 0 Å². The average molecular weight is 441 g/mol. The molecule has 9 atom stereocenters. The summed E-state index contributed by atoms with van der Waals surface area (Å²) in [6, 6.07) is 0. The summed E-state index contributed by atoms with van der Waals surface area (Å²) in [6.07, 6.45) is 17.9. The second-order valence-corrected chi connectivity index (χ2v) is 12.8. The van der Waals surface area contributed by atoms with Gasteiger partial charge in [-0.25, -0.2) is 0 Å². The number of hydrogen-bond donors (Lipinski definition) is 0. The molecule has 0 amide bonds. The van der Waals surface area contributed by atoms with Gasteiger partial charge in [-0.05, 0) is 104 Å². The van der Waals surface area contributed by atoms with Crippen molar-refractivity contribution in [1.82, 2.24) is 0 Å². The Kier molecular flexibility index (Phi) is 6.74. The van der Waals surface area contributed by atoms with E-state index in [4.69, 9.17) is 4.74 Å². The normalized spacial score (nSPS) is 43.2. The lowest BCUT2D eigenvalue weighted by Gasteiger charge is -2.58. The van der Waals surface area contributed by atoms with Crippen LogP contribution in [0, 0.1) is 52.3 Å². The first kappa shape index (κ1) is 24.1. The maximum atomic E-state index is 11.5. The van der Waals surface area contributed by atoms with E-state index in [-0.39, 0.29) is 12.1 Å².